The molecule has 2 aromatic carbocycles. The molecule has 1 aromatic heterocycles. The Morgan fingerprint density at radius 1 is 1.08 bits per heavy atom. The number of carbonyl (C=O) groups excluding carboxylic acids is 1. The van der Waals surface area contributed by atoms with Crippen LogP contribution in [0.4, 0.5) is 13.2 Å². The first-order chi connectivity index (χ1) is 17.8. The number of oxazole rings is 1. The topological polar surface area (TPSA) is 86.1 Å². The average molecular weight is 518 g/mol. The largest absolute Gasteiger partial charge is 0.454 e. The highest BCUT2D eigenvalue weighted by molar-refractivity contribution is 5.91. The lowest BCUT2D eigenvalue weighted by atomic mass is 10.1. The zero-order chi connectivity index (χ0) is 25.8. The zero-order valence-corrected chi connectivity index (χ0v) is 19.9. The highest BCUT2D eigenvalue weighted by atomic mass is 19.4. The molecule has 0 radical (unpaired) electrons. The smallest absolute Gasteiger partial charge is 0.416 e. The Morgan fingerprint density at radius 3 is 2.73 bits per heavy atom. The highest BCUT2D eigenvalue weighted by Gasteiger charge is 2.33. The van der Waals surface area contributed by atoms with Crippen molar-refractivity contribution in [2.75, 3.05) is 19.9 Å². The van der Waals surface area contributed by atoms with Gasteiger partial charge in [0, 0.05) is 26.2 Å². The van der Waals surface area contributed by atoms with E-state index in [0.717, 1.165) is 24.5 Å². The predicted molar refractivity (Wildman–Crippen MR) is 125 cm³/mol. The van der Waals surface area contributed by atoms with Crippen LogP contribution >= 0.6 is 0 Å². The number of nitrogens with zero attached hydrogens (tertiary/aromatic N) is 2. The summed E-state index contributed by atoms with van der Waals surface area (Å²) in [6.45, 7) is 1.53. The fraction of sp³-hybridized carbons (Fsp3) is 0.385. The van der Waals surface area contributed by atoms with Crippen LogP contribution in [0, 0.1) is 0 Å². The number of alkyl halides is 3. The normalized spacial score (nSPS) is 16.9. The third-order valence-electron chi connectivity index (χ3n) is 6.22. The van der Waals surface area contributed by atoms with Gasteiger partial charge in [-0.15, -0.1) is 0 Å². The first kappa shape index (κ1) is 25.1. The van der Waals surface area contributed by atoms with Crippen LogP contribution in [0.2, 0.25) is 0 Å². The fourth-order valence-corrected chi connectivity index (χ4v) is 4.42. The summed E-state index contributed by atoms with van der Waals surface area (Å²) < 4.78 is 62.8. The van der Waals surface area contributed by atoms with Crippen molar-refractivity contribution in [3.05, 3.63) is 77.0 Å². The molecule has 0 spiro atoms. The van der Waals surface area contributed by atoms with Gasteiger partial charge in [-0.05, 0) is 42.2 Å². The summed E-state index contributed by atoms with van der Waals surface area (Å²) in [6.07, 6.45) is -1.40. The van der Waals surface area contributed by atoms with E-state index in [0.29, 0.717) is 24.7 Å². The van der Waals surface area contributed by atoms with Crippen molar-refractivity contribution in [2.45, 2.75) is 44.8 Å². The maximum absolute atomic E-state index is 13.6. The van der Waals surface area contributed by atoms with Crippen molar-refractivity contribution in [3.8, 4) is 11.5 Å². The van der Waals surface area contributed by atoms with Gasteiger partial charge in [0.1, 0.15) is 6.26 Å². The van der Waals surface area contributed by atoms with Gasteiger partial charge in [0.05, 0.1) is 18.2 Å². The summed E-state index contributed by atoms with van der Waals surface area (Å²) in [7, 11) is 0. The zero-order valence-electron chi connectivity index (χ0n) is 19.9. The number of rotatable bonds is 9. The Balaban J connectivity index is 1.33. The molecule has 1 saturated heterocycles. The monoisotopic (exact) mass is 517 g/mol. The first-order valence-corrected chi connectivity index (χ1v) is 12.0. The SMILES string of the molecule is O=C(NCC1CCCO1)c1coc(CN(Cc2ccc3c(c2)OCO3)Cc2ccccc2C(F)(F)F)n1. The summed E-state index contributed by atoms with van der Waals surface area (Å²) in [5.41, 5.74) is 0.339. The average Bonchev–Trinajstić information content (AvgIpc) is 3.64. The fourth-order valence-electron chi connectivity index (χ4n) is 4.42. The van der Waals surface area contributed by atoms with Crippen LogP contribution in [0.3, 0.4) is 0 Å². The van der Waals surface area contributed by atoms with Crippen LogP contribution in [-0.2, 0) is 30.5 Å². The van der Waals surface area contributed by atoms with E-state index in [4.69, 9.17) is 18.6 Å². The highest BCUT2D eigenvalue weighted by Crippen LogP contribution is 2.34. The molecule has 0 saturated carbocycles. The summed E-state index contributed by atoms with van der Waals surface area (Å²) in [6, 6.07) is 10.8. The number of benzene rings is 2. The molecule has 1 fully saturated rings. The Hall–Kier alpha value is -3.57. The van der Waals surface area contributed by atoms with Gasteiger partial charge in [-0.3, -0.25) is 9.69 Å². The number of ether oxygens (including phenoxy) is 3. The minimum atomic E-state index is -4.49. The molecular weight excluding hydrogens is 491 g/mol. The van der Waals surface area contributed by atoms with E-state index in [1.807, 2.05) is 6.07 Å². The van der Waals surface area contributed by atoms with E-state index in [2.05, 4.69) is 10.3 Å². The number of nitrogens with one attached hydrogen (secondary N) is 1. The van der Waals surface area contributed by atoms with E-state index >= 15 is 0 Å². The van der Waals surface area contributed by atoms with Gasteiger partial charge >= 0.3 is 6.18 Å². The minimum absolute atomic E-state index is 0.0128. The number of fused-ring (bicyclic) bond motifs is 1. The summed E-state index contributed by atoms with van der Waals surface area (Å²) in [4.78, 5) is 18.5. The third-order valence-corrected chi connectivity index (χ3v) is 6.22. The summed E-state index contributed by atoms with van der Waals surface area (Å²) in [5.74, 6) is 1.02. The first-order valence-electron chi connectivity index (χ1n) is 12.0. The van der Waals surface area contributed by atoms with Gasteiger partial charge < -0.3 is 23.9 Å². The van der Waals surface area contributed by atoms with Gasteiger partial charge in [-0.25, -0.2) is 4.98 Å². The van der Waals surface area contributed by atoms with Gasteiger partial charge in [-0.1, -0.05) is 24.3 Å². The molecule has 5 rings (SSSR count). The molecule has 3 aromatic rings. The molecule has 2 aliphatic rings. The molecule has 3 heterocycles. The molecule has 8 nitrogen and oxygen atoms in total. The van der Waals surface area contributed by atoms with Crippen molar-refractivity contribution >= 4 is 5.91 Å². The van der Waals surface area contributed by atoms with E-state index < -0.39 is 17.6 Å². The van der Waals surface area contributed by atoms with Crippen molar-refractivity contribution in [1.82, 2.24) is 15.2 Å². The third kappa shape index (κ3) is 6.23. The number of hydrogen-bond acceptors (Lipinski definition) is 7. The minimum Gasteiger partial charge on any atom is -0.454 e. The van der Waals surface area contributed by atoms with Crippen LogP contribution in [0.15, 0.2) is 53.1 Å². The molecule has 0 aliphatic carbocycles. The molecule has 196 valence electrons. The van der Waals surface area contributed by atoms with E-state index in [-0.39, 0.29) is 49.7 Å². The molecule has 1 N–H and O–H groups in total. The van der Waals surface area contributed by atoms with Crippen LogP contribution in [0.1, 0.15) is 45.9 Å². The number of amides is 1. The van der Waals surface area contributed by atoms with Gasteiger partial charge in [0.15, 0.2) is 17.2 Å². The molecule has 1 amide bonds. The molecule has 2 aliphatic heterocycles. The lowest BCUT2D eigenvalue weighted by Crippen LogP contribution is -2.32. The van der Waals surface area contributed by atoms with Crippen LogP contribution in [-0.4, -0.2) is 41.8 Å². The van der Waals surface area contributed by atoms with E-state index in [1.54, 1.807) is 23.1 Å². The maximum atomic E-state index is 13.6. The van der Waals surface area contributed by atoms with Crippen molar-refractivity contribution in [3.63, 3.8) is 0 Å². The Morgan fingerprint density at radius 2 is 1.92 bits per heavy atom. The van der Waals surface area contributed by atoms with Gasteiger partial charge in [0.25, 0.3) is 5.91 Å². The molecule has 1 atom stereocenters. The molecule has 1 unspecified atom stereocenters. The van der Waals surface area contributed by atoms with Gasteiger partial charge in [-0.2, -0.15) is 13.2 Å². The van der Waals surface area contributed by atoms with Crippen molar-refractivity contribution in [1.29, 1.82) is 0 Å². The molecule has 0 bridgehead atoms. The Labute approximate surface area is 211 Å². The number of aromatic nitrogens is 1. The standard InChI is InChI=1S/C26H26F3N3O5/c27-26(28,29)20-6-2-1-4-18(20)13-32(12-17-7-8-22-23(10-17)37-16-36-22)14-24-31-21(15-35-24)25(33)30-11-19-5-3-9-34-19/h1-2,4,6-8,10,15,19H,3,5,9,11-14,16H2,(H,30,33). The predicted octanol–water partition coefficient (Wildman–Crippen LogP) is 4.53. The Kier molecular flexibility index (Phi) is 7.33. The second-order valence-electron chi connectivity index (χ2n) is 8.96. The molecular formula is C26H26F3N3O5. The number of hydrogen-bond donors (Lipinski definition) is 1. The van der Waals surface area contributed by atoms with Crippen LogP contribution < -0.4 is 14.8 Å². The number of carbonyl (C=O) groups is 1. The second kappa shape index (κ2) is 10.8. The summed E-state index contributed by atoms with van der Waals surface area (Å²) >= 11 is 0. The van der Waals surface area contributed by atoms with Crippen LogP contribution in [0.5, 0.6) is 11.5 Å². The lowest BCUT2D eigenvalue weighted by Gasteiger charge is -2.23. The van der Waals surface area contributed by atoms with Crippen LogP contribution in [0.25, 0.3) is 0 Å². The second-order valence-corrected chi connectivity index (χ2v) is 8.96. The van der Waals surface area contributed by atoms with Gasteiger partial charge in [0.2, 0.25) is 12.7 Å². The molecule has 11 heteroatoms. The van der Waals surface area contributed by atoms with E-state index in [9.17, 15) is 18.0 Å². The van der Waals surface area contributed by atoms with Crippen molar-refractivity contribution < 1.29 is 36.6 Å². The lowest BCUT2D eigenvalue weighted by molar-refractivity contribution is -0.138. The quantitative estimate of drug-likeness (QED) is 0.446. The molecule has 37 heavy (non-hydrogen) atoms. The van der Waals surface area contributed by atoms with Crippen molar-refractivity contribution in [2.24, 2.45) is 0 Å². The number of halogens is 3. The summed E-state index contributed by atoms with van der Waals surface area (Å²) in [5, 5.41) is 2.78. The Bertz CT molecular complexity index is 1240. The van der Waals surface area contributed by atoms with E-state index in [1.165, 1.54) is 18.4 Å². The maximum Gasteiger partial charge on any atom is 0.416 e.